The van der Waals surface area contributed by atoms with Gasteiger partial charge in [-0.3, -0.25) is 4.79 Å². The lowest BCUT2D eigenvalue weighted by Gasteiger charge is -2.12. The van der Waals surface area contributed by atoms with E-state index in [1.165, 1.54) is 32.4 Å². The first-order valence-corrected chi connectivity index (χ1v) is 7.12. The van der Waals surface area contributed by atoms with Crippen LogP contribution in [0.5, 0.6) is 11.5 Å². The Balaban J connectivity index is 2.02. The molecule has 2 N–H and O–H groups in total. The summed E-state index contributed by atoms with van der Waals surface area (Å²) in [4.78, 5) is 12.0. The van der Waals surface area contributed by atoms with Gasteiger partial charge in [0, 0.05) is 11.1 Å². The molecular weight excluding hydrogens is 323 g/mol. The molecule has 5 nitrogen and oxygen atoms in total. The number of carbonyl (C=O) groups excluding carboxylic acids is 1. The summed E-state index contributed by atoms with van der Waals surface area (Å²) >= 11 is 5.68. The number of rotatable bonds is 6. The minimum atomic E-state index is -0.524. The van der Waals surface area contributed by atoms with Gasteiger partial charge in [0.2, 0.25) is 5.91 Å². The summed E-state index contributed by atoms with van der Waals surface area (Å²) in [5.41, 5.74) is 0.664. The first-order valence-electron chi connectivity index (χ1n) is 6.74. The van der Waals surface area contributed by atoms with Gasteiger partial charge in [-0.25, -0.2) is 4.39 Å². The molecule has 0 aliphatic heterocycles. The van der Waals surface area contributed by atoms with Crippen LogP contribution in [-0.2, 0) is 4.79 Å². The van der Waals surface area contributed by atoms with Gasteiger partial charge in [-0.2, -0.15) is 0 Å². The third-order valence-corrected chi connectivity index (χ3v) is 3.29. The molecule has 0 unspecified atom stereocenters. The summed E-state index contributed by atoms with van der Waals surface area (Å²) in [6, 6.07) is 9.22. The second-order valence-electron chi connectivity index (χ2n) is 4.59. The van der Waals surface area contributed by atoms with Crippen LogP contribution in [0.1, 0.15) is 0 Å². The van der Waals surface area contributed by atoms with Crippen LogP contribution in [0.15, 0.2) is 36.4 Å². The number of halogens is 2. The Labute approximate surface area is 138 Å². The Bertz CT molecular complexity index is 710. The van der Waals surface area contributed by atoms with E-state index in [-0.39, 0.29) is 18.1 Å². The van der Waals surface area contributed by atoms with E-state index in [1.54, 1.807) is 18.2 Å². The Morgan fingerprint density at radius 3 is 2.57 bits per heavy atom. The number of carbonyl (C=O) groups is 1. The number of amides is 1. The normalized spacial score (nSPS) is 10.1. The maximum atomic E-state index is 13.6. The highest BCUT2D eigenvalue weighted by atomic mass is 35.5. The monoisotopic (exact) mass is 338 g/mol. The highest BCUT2D eigenvalue weighted by Crippen LogP contribution is 2.28. The summed E-state index contributed by atoms with van der Waals surface area (Å²) in [7, 11) is 3.02. The molecule has 0 fully saturated rings. The molecular formula is C16H16ClFN2O3. The summed E-state index contributed by atoms with van der Waals surface area (Å²) in [5, 5.41) is 5.68. The standard InChI is InChI=1S/C16H16ClFN2O3/c1-22-11-4-6-15(23-2)14(8-11)20-16(21)9-19-13-5-3-10(17)7-12(13)18/h3-8,19H,9H2,1-2H3,(H,20,21). The highest BCUT2D eigenvalue weighted by molar-refractivity contribution is 6.30. The molecule has 2 aromatic carbocycles. The SMILES string of the molecule is COc1ccc(OC)c(NC(=O)CNc2ccc(Cl)cc2F)c1. The van der Waals surface area contributed by atoms with Gasteiger partial charge < -0.3 is 20.1 Å². The third kappa shape index (κ3) is 4.50. The van der Waals surface area contributed by atoms with E-state index >= 15 is 0 Å². The molecule has 23 heavy (non-hydrogen) atoms. The zero-order valence-electron chi connectivity index (χ0n) is 12.7. The van der Waals surface area contributed by atoms with E-state index in [2.05, 4.69) is 10.6 Å². The Hall–Kier alpha value is -2.47. The van der Waals surface area contributed by atoms with Crippen molar-refractivity contribution in [2.24, 2.45) is 0 Å². The second-order valence-corrected chi connectivity index (χ2v) is 5.03. The van der Waals surface area contributed by atoms with Crippen molar-refractivity contribution < 1.29 is 18.7 Å². The number of anilines is 2. The van der Waals surface area contributed by atoms with Crippen LogP contribution in [-0.4, -0.2) is 26.7 Å². The lowest BCUT2D eigenvalue weighted by molar-refractivity contribution is -0.114. The van der Waals surface area contributed by atoms with Crippen LogP contribution in [0.3, 0.4) is 0 Å². The van der Waals surface area contributed by atoms with Gasteiger partial charge in [-0.05, 0) is 30.3 Å². The van der Waals surface area contributed by atoms with Crippen LogP contribution >= 0.6 is 11.6 Å². The van der Waals surface area contributed by atoms with Crippen molar-refractivity contribution in [1.29, 1.82) is 0 Å². The Morgan fingerprint density at radius 2 is 1.91 bits per heavy atom. The molecule has 0 spiro atoms. The van der Waals surface area contributed by atoms with Gasteiger partial charge in [0.1, 0.15) is 17.3 Å². The summed E-state index contributed by atoms with van der Waals surface area (Å²) < 4.78 is 23.9. The van der Waals surface area contributed by atoms with Crippen molar-refractivity contribution in [2.75, 3.05) is 31.4 Å². The highest BCUT2D eigenvalue weighted by Gasteiger charge is 2.10. The van der Waals surface area contributed by atoms with Gasteiger partial charge in [0.15, 0.2) is 0 Å². The molecule has 0 bridgehead atoms. The lowest BCUT2D eigenvalue weighted by Crippen LogP contribution is -2.22. The fraction of sp³-hybridized carbons (Fsp3) is 0.188. The molecule has 0 radical (unpaired) electrons. The molecule has 0 saturated heterocycles. The summed E-state index contributed by atoms with van der Waals surface area (Å²) in [5.74, 6) is 0.199. The molecule has 0 heterocycles. The molecule has 0 aliphatic carbocycles. The van der Waals surface area contributed by atoms with Gasteiger partial charge in [-0.15, -0.1) is 0 Å². The third-order valence-electron chi connectivity index (χ3n) is 3.05. The van der Waals surface area contributed by atoms with Crippen molar-refractivity contribution in [1.82, 2.24) is 0 Å². The molecule has 0 aromatic heterocycles. The first kappa shape index (κ1) is 16.9. The fourth-order valence-corrected chi connectivity index (χ4v) is 2.07. The van der Waals surface area contributed by atoms with Crippen molar-refractivity contribution in [3.05, 3.63) is 47.2 Å². The van der Waals surface area contributed by atoms with Crippen LogP contribution in [0.4, 0.5) is 15.8 Å². The van der Waals surface area contributed by atoms with E-state index < -0.39 is 5.82 Å². The molecule has 1 amide bonds. The number of ether oxygens (including phenoxy) is 2. The van der Waals surface area contributed by atoms with E-state index in [0.29, 0.717) is 22.2 Å². The minimum absolute atomic E-state index is 0.112. The van der Waals surface area contributed by atoms with Crippen molar-refractivity contribution in [3.63, 3.8) is 0 Å². The van der Waals surface area contributed by atoms with Crippen LogP contribution in [0, 0.1) is 5.82 Å². The molecule has 0 atom stereocenters. The van der Waals surface area contributed by atoms with E-state index in [4.69, 9.17) is 21.1 Å². The minimum Gasteiger partial charge on any atom is -0.497 e. The number of hydrogen-bond donors (Lipinski definition) is 2. The number of hydrogen-bond acceptors (Lipinski definition) is 4. The molecule has 2 aromatic rings. The quantitative estimate of drug-likeness (QED) is 0.845. The maximum Gasteiger partial charge on any atom is 0.243 e. The van der Waals surface area contributed by atoms with Crippen LogP contribution in [0.2, 0.25) is 5.02 Å². The van der Waals surface area contributed by atoms with E-state index in [0.717, 1.165) is 0 Å². The zero-order chi connectivity index (χ0) is 16.8. The number of benzene rings is 2. The van der Waals surface area contributed by atoms with Crippen molar-refractivity contribution in [2.45, 2.75) is 0 Å². The van der Waals surface area contributed by atoms with Gasteiger partial charge >= 0.3 is 0 Å². The lowest BCUT2D eigenvalue weighted by atomic mass is 10.2. The molecule has 7 heteroatoms. The van der Waals surface area contributed by atoms with Crippen molar-refractivity contribution >= 4 is 28.9 Å². The van der Waals surface area contributed by atoms with Gasteiger partial charge in [0.05, 0.1) is 32.1 Å². The predicted molar refractivity (Wildman–Crippen MR) is 88.1 cm³/mol. The smallest absolute Gasteiger partial charge is 0.243 e. The molecule has 0 saturated carbocycles. The van der Waals surface area contributed by atoms with E-state index in [1.807, 2.05) is 0 Å². The van der Waals surface area contributed by atoms with Crippen molar-refractivity contribution in [3.8, 4) is 11.5 Å². The summed E-state index contributed by atoms with van der Waals surface area (Å²) in [6.45, 7) is -0.112. The zero-order valence-corrected chi connectivity index (χ0v) is 13.4. The Kier molecular flexibility index (Phi) is 5.65. The van der Waals surface area contributed by atoms with E-state index in [9.17, 15) is 9.18 Å². The first-order chi connectivity index (χ1) is 11.0. The Morgan fingerprint density at radius 1 is 1.13 bits per heavy atom. The topological polar surface area (TPSA) is 59.6 Å². The van der Waals surface area contributed by atoms with Gasteiger partial charge in [-0.1, -0.05) is 11.6 Å². The molecule has 2 rings (SSSR count). The molecule has 0 aliphatic rings. The predicted octanol–water partition coefficient (Wildman–Crippen LogP) is 3.55. The summed E-state index contributed by atoms with van der Waals surface area (Å²) in [6.07, 6.45) is 0. The number of methoxy groups -OCH3 is 2. The number of nitrogens with one attached hydrogen (secondary N) is 2. The van der Waals surface area contributed by atoms with Crippen LogP contribution in [0.25, 0.3) is 0 Å². The van der Waals surface area contributed by atoms with Gasteiger partial charge in [0.25, 0.3) is 0 Å². The molecule has 122 valence electrons. The van der Waals surface area contributed by atoms with Crippen LogP contribution < -0.4 is 20.1 Å². The maximum absolute atomic E-state index is 13.6. The average molecular weight is 339 g/mol. The second kappa shape index (κ2) is 7.69. The largest absolute Gasteiger partial charge is 0.497 e. The average Bonchev–Trinajstić information content (AvgIpc) is 2.54. The fourth-order valence-electron chi connectivity index (χ4n) is 1.91.